The second-order valence-electron chi connectivity index (χ2n) is 6.75. The van der Waals surface area contributed by atoms with Crippen LogP contribution < -0.4 is 10.1 Å². The molecule has 0 bridgehead atoms. The van der Waals surface area contributed by atoms with Crippen molar-refractivity contribution in [1.82, 2.24) is 19.1 Å². The lowest BCUT2D eigenvalue weighted by Gasteiger charge is -2.10. The van der Waals surface area contributed by atoms with E-state index in [9.17, 15) is 4.79 Å². The van der Waals surface area contributed by atoms with Gasteiger partial charge in [0.15, 0.2) is 5.82 Å². The van der Waals surface area contributed by atoms with E-state index in [1.807, 2.05) is 84.7 Å². The number of carbonyl (C=O) groups is 1. The number of para-hydroxylation sites is 1. The summed E-state index contributed by atoms with van der Waals surface area (Å²) < 4.78 is 11.0. The highest BCUT2D eigenvalue weighted by Gasteiger charge is 2.18. The van der Waals surface area contributed by atoms with Gasteiger partial charge in [0.2, 0.25) is 10.7 Å². The molecule has 0 fully saturated rings. The number of methoxy groups -OCH3 is 1. The summed E-state index contributed by atoms with van der Waals surface area (Å²) in [6, 6.07) is 19.0. The van der Waals surface area contributed by atoms with Crippen LogP contribution in [-0.2, 0) is 11.3 Å². The summed E-state index contributed by atoms with van der Waals surface area (Å²) in [6.07, 6.45) is 3.74. The Morgan fingerprint density at radius 1 is 1.07 bits per heavy atom. The number of rotatable bonds is 6. The van der Waals surface area contributed by atoms with Crippen LogP contribution >= 0.6 is 12.2 Å². The summed E-state index contributed by atoms with van der Waals surface area (Å²) in [5, 5.41) is 7.54. The van der Waals surface area contributed by atoms with Gasteiger partial charge >= 0.3 is 0 Å². The highest BCUT2D eigenvalue weighted by atomic mass is 32.1. The van der Waals surface area contributed by atoms with E-state index < -0.39 is 0 Å². The average Bonchev–Trinajstić information content (AvgIpc) is 3.38. The quantitative estimate of drug-likeness (QED) is 0.477. The third-order valence-electron chi connectivity index (χ3n) is 4.61. The SMILES string of the molecule is COc1ccccc1-c1nn(CC(=O)Nc2ccc(C)cc2)c(=S)n1-n1cccc1. The summed E-state index contributed by atoms with van der Waals surface area (Å²) in [5.74, 6) is 1.04. The second-order valence-corrected chi connectivity index (χ2v) is 7.12. The standard InChI is InChI=1S/C22H21N5O2S/c1-16-9-11-17(12-10-16)23-20(28)15-26-22(30)27(25-13-5-6-14-25)21(24-26)18-7-3-4-8-19(18)29-2/h3-14H,15H2,1-2H3,(H,23,28). The Morgan fingerprint density at radius 3 is 2.47 bits per heavy atom. The van der Waals surface area contributed by atoms with E-state index >= 15 is 0 Å². The minimum atomic E-state index is -0.210. The molecule has 0 saturated heterocycles. The number of nitrogens with one attached hydrogen (secondary N) is 1. The van der Waals surface area contributed by atoms with Crippen LogP contribution in [0.25, 0.3) is 11.4 Å². The van der Waals surface area contributed by atoms with Crippen LogP contribution in [0, 0.1) is 11.7 Å². The van der Waals surface area contributed by atoms with E-state index in [0.717, 1.165) is 16.8 Å². The van der Waals surface area contributed by atoms with Gasteiger partial charge in [-0.05, 0) is 55.5 Å². The number of aromatic nitrogens is 4. The van der Waals surface area contributed by atoms with E-state index in [1.54, 1.807) is 11.8 Å². The van der Waals surface area contributed by atoms with Crippen LogP contribution in [0.1, 0.15) is 5.56 Å². The predicted octanol–water partition coefficient (Wildman–Crippen LogP) is 4.15. The molecule has 1 N–H and O–H groups in total. The molecule has 2 heterocycles. The summed E-state index contributed by atoms with van der Waals surface area (Å²) in [6.45, 7) is 1.99. The highest BCUT2D eigenvalue weighted by Crippen LogP contribution is 2.28. The van der Waals surface area contributed by atoms with Crippen molar-refractivity contribution < 1.29 is 9.53 Å². The Kier molecular flexibility index (Phi) is 5.49. The summed E-state index contributed by atoms with van der Waals surface area (Å²) in [7, 11) is 1.61. The van der Waals surface area contributed by atoms with Gasteiger partial charge in [0.05, 0.1) is 12.7 Å². The maximum atomic E-state index is 12.6. The molecule has 1 amide bonds. The van der Waals surface area contributed by atoms with Gasteiger partial charge in [0, 0.05) is 18.1 Å². The zero-order valence-electron chi connectivity index (χ0n) is 16.6. The number of aryl methyl sites for hydroxylation is 1. The van der Waals surface area contributed by atoms with Crippen LogP contribution in [0.15, 0.2) is 73.1 Å². The van der Waals surface area contributed by atoms with Gasteiger partial charge < -0.3 is 10.1 Å². The number of hydrogen-bond acceptors (Lipinski definition) is 4. The van der Waals surface area contributed by atoms with E-state index in [-0.39, 0.29) is 12.5 Å². The Balaban J connectivity index is 1.72. The van der Waals surface area contributed by atoms with Gasteiger partial charge in [0.1, 0.15) is 12.3 Å². The fourth-order valence-corrected chi connectivity index (χ4v) is 3.43. The third kappa shape index (κ3) is 3.90. The fourth-order valence-electron chi connectivity index (χ4n) is 3.14. The number of benzene rings is 2. The van der Waals surface area contributed by atoms with E-state index in [1.165, 1.54) is 4.68 Å². The number of amides is 1. The lowest BCUT2D eigenvalue weighted by Crippen LogP contribution is -2.20. The number of carbonyl (C=O) groups excluding carboxylic acids is 1. The molecule has 30 heavy (non-hydrogen) atoms. The van der Waals surface area contributed by atoms with E-state index in [0.29, 0.717) is 16.3 Å². The monoisotopic (exact) mass is 419 g/mol. The second kappa shape index (κ2) is 8.38. The molecule has 0 aliphatic rings. The maximum Gasteiger partial charge on any atom is 0.246 e. The molecule has 2 aromatic carbocycles. The number of hydrogen-bond donors (Lipinski definition) is 1. The molecular formula is C22H21N5O2S. The molecule has 0 spiro atoms. The highest BCUT2D eigenvalue weighted by molar-refractivity contribution is 7.71. The molecular weight excluding hydrogens is 398 g/mol. The molecule has 0 saturated carbocycles. The molecule has 152 valence electrons. The van der Waals surface area contributed by atoms with Crippen LogP contribution in [0.5, 0.6) is 5.75 Å². The maximum absolute atomic E-state index is 12.6. The van der Waals surface area contributed by atoms with Crippen LogP contribution in [-0.4, -0.2) is 32.1 Å². The van der Waals surface area contributed by atoms with Crippen molar-refractivity contribution in [2.24, 2.45) is 0 Å². The van der Waals surface area contributed by atoms with Crippen molar-refractivity contribution in [2.75, 3.05) is 12.4 Å². The number of anilines is 1. The van der Waals surface area contributed by atoms with Crippen LogP contribution in [0.4, 0.5) is 5.69 Å². The summed E-state index contributed by atoms with van der Waals surface area (Å²) in [4.78, 5) is 12.6. The van der Waals surface area contributed by atoms with Gasteiger partial charge in [-0.2, -0.15) is 0 Å². The van der Waals surface area contributed by atoms with E-state index in [4.69, 9.17) is 17.0 Å². The Hall–Kier alpha value is -3.65. The smallest absolute Gasteiger partial charge is 0.246 e. The normalized spacial score (nSPS) is 10.7. The molecule has 8 heteroatoms. The van der Waals surface area contributed by atoms with Gasteiger partial charge in [0.25, 0.3) is 0 Å². The largest absolute Gasteiger partial charge is 0.496 e. The minimum absolute atomic E-state index is 0.0108. The Bertz CT molecular complexity index is 1220. The third-order valence-corrected chi connectivity index (χ3v) is 5.00. The molecule has 0 atom stereocenters. The van der Waals surface area contributed by atoms with Crippen LogP contribution in [0.2, 0.25) is 0 Å². The minimum Gasteiger partial charge on any atom is -0.496 e. The van der Waals surface area contributed by atoms with Crippen molar-refractivity contribution >= 4 is 23.8 Å². The van der Waals surface area contributed by atoms with Crippen LogP contribution in [0.3, 0.4) is 0 Å². The van der Waals surface area contributed by atoms with Crippen molar-refractivity contribution in [3.05, 3.63) is 83.4 Å². The molecule has 4 aromatic rings. The topological polar surface area (TPSA) is 66.0 Å². The Morgan fingerprint density at radius 2 is 1.77 bits per heavy atom. The number of ether oxygens (including phenoxy) is 1. The van der Waals surface area contributed by atoms with Gasteiger partial charge in [-0.1, -0.05) is 29.8 Å². The number of nitrogens with zero attached hydrogens (tertiary/aromatic N) is 4. The summed E-state index contributed by atoms with van der Waals surface area (Å²) in [5.41, 5.74) is 2.63. The molecule has 0 aliphatic carbocycles. The first-order valence-corrected chi connectivity index (χ1v) is 9.81. The molecule has 0 unspecified atom stereocenters. The van der Waals surface area contributed by atoms with Crippen molar-refractivity contribution in [2.45, 2.75) is 13.5 Å². The average molecular weight is 420 g/mol. The first-order chi connectivity index (χ1) is 14.6. The molecule has 7 nitrogen and oxygen atoms in total. The lowest BCUT2D eigenvalue weighted by atomic mass is 10.2. The van der Waals surface area contributed by atoms with Gasteiger partial charge in [-0.25, -0.2) is 9.36 Å². The van der Waals surface area contributed by atoms with Crippen molar-refractivity contribution in [1.29, 1.82) is 0 Å². The first-order valence-electron chi connectivity index (χ1n) is 9.40. The van der Waals surface area contributed by atoms with Crippen molar-refractivity contribution in [3.8, 4) is 17.1 Å². The fraction of sp³-hybridized carbons (Fsp3) is 0.136. The molecule has 2 aromatic heterocycles. The van der Waals surface area contributed by atoms with E-state index in [2.05, 4.69) is 10.4 Å². The zero-order valence-corrected chi connectivity index (χ0v) is 17.5. The lowest BCUT2D eigenvalue weighted by molar-refractivity contribution is -0.116. The molecule has 0 radical (unpaired) electrons. The zero-order chi connectivity index (χ0) is 21.1. The summed E-state index contributed by atoms with van der Waals surface area (Å²) >= 11 is 5.66. The molecule has 4 rings (SSSR count). The van der Waals surface area contributed by atoms with Gasteiger partial charge in [-0.3, -0.25) is 9.47 Å². The van der Waals surface area contributed by atoms with Crippen molar-refractivity contribution in [3.63, 3.8) is 0 Å². The predicted molar refractivity (Wildman–Crippen MR) is 118 cm³/mol. The van der Waals surface area contributed by atoms with Gasteiger partial charge in [-0.15, -0.1) is 5.10 Å². The molecule has 0 aliphatic heterocycles. The first kappa shape index (κ1) is 19.7. The Labute approximate surface area is 179 Å².